The molecule has 1 aromatic heterocycles. The maximum absolute atomic E-state index is 12.9. The number of para-hydroxylation sites is 2. The summed E-state index contributed by atoms with van der Waals surface area (Å²) in [5.74, 6) is 0.964. The molecule has 1 N–H and O–H groups in total. The van der Waals surface area contributed by atoms with Crippen LogP contribution in [0.15, 0.2) is 53.7 Å². The summed E-state index contributed by atoms with van der Waals surface area (Å²) in [4.78, 5) is 29.2. The first kappa shape index (κ1) is 23.4. The summed E-state index contributed by atoms with van der Waals surface area (Å²) in [5, 5.41) is 12.7. The number of piperidine rings is 1. The van der Waals surface area contributed by atoms with E-state index in [1.54, 1.807) is 4.90 Å². The molecule has 182 valence electrons. The number of rotatable bonds is 7. The van der Waals surface area contributed by atoms with E-state index >= 15 is 0 Å². The average molecular weight is 491 g/mol. The number of aromatic nitrogens is 3. The van der Waals surface area contributed by atoms with Crippen LogP contribution in [-0.2, 0) is 9.59 Å². The van der Waals surface area contributed by atoms with Crippen molar-refractivity contribution in [2.24, 2.45) is 0 Å². The second-order valence-corrected chi connectivity index (χ2v) is 9.95. The predicted octanol–water partition coefficient (Wildman–Crippen LogP) is 4.42. The van der Waals surface area contributed by atoms with Gasteiger partial charge in [0, 0.05) is 26.1 Å². The van der Waals surface area contributed by atoms with Gasteiger partial charge in [0.15, 0.2) is 5.16 Å². The number of amides is 2. The number of hydrogen-bond donors (Lipinski definition) is 1. The molecule has 2 aromatic carbocycles. The molecule has 3 heterocycles. The Kier molecular flexibility index (Phi) is 7.03. The topological polar surface area (TPSA) is 83.4 Å². The van der Waals surface area contributed by atoms with Gasteiger partial charge in [-0.15, -0.1) is 10.2 Å². The van der Waals surface area contributed by atoms with Crippen LogP contribution >= 0.6 is 11.8 Å². The van der Waals surface area contributed by atoms with Crippen molar-refractivity contribution in [2.75, 3.05) is 40.5 Å². The van der Waals surface area contributed by atoms with Crippen molar-refractivity contribution in [1.29, 1.82) is 0 Å². The third-order valence-electron chi connectivity index (χ3n) is 6.42. The van der Waals surface area contributed by atoms with Gasteiger partial charge in [0.2, 0.25) is 17.8 Å². The zero-order valence-corrected chi connectivity index (χ0v) is 20.8. The van der Waals surface area contributed by atoms with E-state index in [0.717, 1.165) is 49.7 Å². The van der Waals surface area contributed by atoms with E-state index in [1.165, 1.54) is 23.7 Å². The zero-order valence-electron chi connectivity index (χ0n) is 19.9. The molecule has 9 heteroatoms. The molecule has 0 saturated carbocycles. The standard InChI is InChI=1S/C26H30N6O2S/c1-19-11-13-20(14-12-19)32-25(30-15-5-2-6-16-30)28-29-26(32)35-18-23(33)27-21-8-3-4-9-22(21)31-17-7-10-24(31)34/h3-4,8-9,11-14H,2,5-7,10,15-18H2,1H3,(H,27,33). The molecule has 2 aliphatic heterocycles. The van der Waals surface area contributed by atoms with Crippen LogP contribution < -0.4 is 15.1 Å². The van der Waals surface area contributed by atoms with Crippen LogP contribution in [-0.4, -0.2) is 52.0 Å². The summed E-state index contributed by atoms with van der Waals surface area (Å²) in [6.45, 7) is 4.66. The van der Waals surface area contributed by atoms with E-state index in [9.17, 15) is 9.59 Å². The van der Waals surface area contributed by atoms with Crippen molar-refractivity contribution in [3.05, 3.63) is 54.1 Å². The van der Waals surface area contributed by atoms with Gasteiger partial charge in [-0.2, -0.15) is 0 Å². The average Bonchev–Trinajstić information content (AvgIpc) is 3.50. The van der Waals surface area contributed by atoms with Crippen LogP contribution in [0.5, 0.6) is 0 Å². The lowest BCUT2D eigenvalue weighted by Crippen LogP contribution is -2.31. The third kappa shape index (κ3) is 5.19. The van der Waals surface area contributed by atoms with E-state index in [4.69, 9.17) is 0 Å². The monoisotopic (exact) mass is 490 g/mol. The van der Waals surface area contributed by atoms with E-state index in [0.29, 0.717) is 23.8 Å². The van der Waals surface area contributed by atoms with Crippen LogP contribution in [0.3, 0.4) is 0 Å². The summed E-state index contributed by atoms with van der Waals surface area (Å²) < 4.78 is 2.06. The maximum Gasteiger partial charge on any atom is 0.234 e. The van der Waals surface area contributed by atoms with Gasteiger partial charge < -0.3 is 15.1 Å². The quantitative estimate of drug-likeness (QED) is 0.494. The summed E-state index contributed by atoms with van der Waals surface area (Å²) in [5.41, 5.74) is 3.58. The number of carbonyl (C=O) groups excluding carboxylic acids is 2. The molecule has 0 atom stereocenters. The first-order valence-electron chi connectivity index (χ1n) is 12.2. The van der Waals surface area contributed by atoms with Crippen LogP contribution in [0.2, 0.25) is 0 Å². The molecule has 2 aliphatic rings. The highest BCUT2D eigenvalue weighted by Gasteiger charge is 2.25. The fraction of sp³-hybridized carbons (Fsp3) is 0.385. The number of aryl methyl sites for hydroxylation is 1. The number of hydrogen-bond acceptors (Lipinski definition) is 6. The molecule has 3 aromatic rings. The van der Waals surface area contributed by atoms with Crippen molar-refractivity contribution in [3.63, 3.8) is 0 Å². The molecule has 0 spiro atoms. The van der Waals surface area contributed by atoms with Crippen LogP contribution in [0.1, 0.15) is 37.7 Å². The molecule has 0 radical (unpaired) electrons. The molecule has 35 heavy (non-hydrogen) atoms. The van der Waals surface area contributed by atoms with Crippen molar-refractivity contribution in [3.8, 4) is 5.69 Å². The molecule has 0 aliphatic carbocycles. The van der Waals surface area contributed by atoms with Crippen molar-refractivity contribution < 1.29 is 9.59 Å². The highest BCUT2D eigenvalue weighted by molar-refractivity contribution is 7.99. The van der Waals surface area contributed by atoms with Crippen molar-refractivity contribution in [1.82, 2.24) is 14.8 Å². The minimum Gasteiger partial charge on any atom is -0.341 e. The Bertz CT molecular complexity index is 1200. The van der Waals surface area contributed by atoms with E-state index in [1.807, 2.05) is 24.3 Å². The number of nitrogens with zero attached hydrogens (tertiary/aromatic N) is 5. The predicted molar refractivity (Wildman–Crippen MR) is 140 cm³/mol. The van der Waals surface area contributed by atoms with E-state index in [2.05, 4.69) is 56.2 Å². The van der Waals surface area contributed by atoms with Crippen LogP contribution in [0.25, 0.3) is 5.69 Å². The molecule has 2 saturated heterocycles. The highest BCUT2D eigenvalue weighted by atomic mass is 32.2. The Morgan fingerprint density at radius 2 is 1.74 bits per heavy atom. The Hall–Kier alpha value is -3.33. The summed E-state index contributed by atoms with van der Waals surface area (Å²) in [7, 11) is 0. The Morgan fingerprint density at radius 3 is 2.49 bits per heavy atom. The van der Waals surface area contributed by atoms with Gasteiger partial charge >= 0.3 is 0 Å². The van der Waals surface area contributed by atoms with Crippen molar-refractivity contribution >= 4 is 40.9 Å². The Balaban J connectivity index is 1.34. The van der Waals surface area contributed by atoms with Gasteiger partial charge in [0.1, 0.15) is 0 Å². The lowest BCUT2D eigenvalue weighted by atomic mass is 10.1. The van der Waals surface area contributed by atoms with E-state index < -0.39 is 0 Å². The molecule has 0 bridgehead atoms. The van der Waals surface area contributed by atoms with Crippen LogP contribution in [0, 0.1) is 6.92 Å². The maximum atomic E-state index is 12.9. The van der Waals surface area contributed by atoms with Gasteiger partial charge in [-0.05, 0) is 56.9 Å². The lowest BCUT2D eigenvalue weighted by Gasteiger charge is -2.27. The molecular weight excluding hydrogens is 460 g/mol. The minimum absolute atomic E-state index is 0.0949. The molecule has 0 unspecified atom stereocenters. The fourth-order valence-corrected chi connectivity index (χ4v) is 5.36. The fourth-order valence-electron chi connectivity index (χ4n) is 4.61. The lowest BCUT2D eigenvalue weighted by molar-refractivity contribution is -0.117. The highest BCUT2D eigenvalue weighted by Crippen LogP contribution is 2.31. The molecule has 5 rings (SSSR count). The summed E-state index contributed by atoms with van der Waals surface area (Å²) >= 11 is 1.37. The third-order valence-corrected chi connectivity index (χ3v) is 7.35. The zero-order chi connectivity index (χ0) is 24.2. The Morgan fingerprint density at radius 1 is 0.971 bits per heavy atom. The van der Waals surface area contributed by atoms with Gasteiger partial charge in [0.25, 0.3) is 0 Å². The van der Waals surface area contributed by atoms with Gasteiger partial charge in [-0.25, -0.2) is 0 Å². The number of benzene rings is 2. The molecule has 2 amide bonds. The molecule has 8 nitrogen and oxygen atoms in total. The number of thioether (sulfide) groups is 1. The first-order chi connectivity index (χ1) is 17.1. The molecular formula is C26H30N6O2S. The smallest absolute Gasteiger partial charge is 0.234 e. The summed E-state index contributed by atoms with van der Waals surface area (Å²) in [6.07, 6.45) is 4.91. The first-order valence-corrected chi connectivity index (χ1v) is 13.2. The Labute approximate surface area is 209 Å². The van der Waals surface area contributed by atoms with Gasteiger partial charge in [-0.3, -0.25) is 14.2 Å². The number of nitrogens with one attached hydrogen (secondary N) is 1. The van der Waals surface area contributed by atoms with Crippen LogP contribution in [0.4, 0.5) is 17.3 Å². The van der Waals surface area contributed by atoms with Gasteiger partial charge in [-0.1, -0.05) is 41.6 Å². The number of carbonyl (C=O) groups is 2. The van der Waals surface area contributed by atoms with E-state index in [-0.39, 0.29) is 17.6 Å². The largest absolute Gasteiger partial charge is 0.341 e. The molecule has 2 fully saturated rings. The summed E-state index contributed by atoms with van der Waals surface area (Å²) in [6, 6.07) is 15.8. The SMILES string of the molecule is Cc1ccc(-n2c(SCC(=O)Nc3ccccc3N3CCCC3=O)nnc2N2CCCCC2)cc1. The number of anilines is 3. The normalized spacial score (nSPS) is 16.1. The van der Waals surface area contributed by atoms with Gasteiger partial charge in [0.05, 0.1) is 22.8 Å². The second kappa shape index (κ2) is 10.5. The minimum atomic E-state index is -0.146. The van der Waals surface area contributed by atoms with Crippen molar-refractivity contribution in [2.45, 2.75) is 44.2 Å². The second-order valence-electron chi connectivity index (χ2n) is 9.00.